The molecule has 0 aliphatic heterocycles. The van der Waals surface area contributed by atoms with Crippen molar-refractivity contribution in [3.05, 3.63) is 81.7 Å². The van der Waals surface area contributed by atoms with E-state index in [1.54, 1.807) is 36.5 Å². The Labute approximate surface area is 155 Å². The Balaban J connectivity index is 1.68. The van der Waals surface area contributed by atoms with Gasteiger partial charge >= 0.3 is 0 Å². The van der Waals surface area contributed by atoms with Crippen LogP contribution < -0.4 is 4.74 Å². The van der Waals surface area contributed by atoms with Gasteiger partial charge in [-0.2, -0.15) is 0 Å². The Morgan fingerprint density at radius 1 is 1.24 bits per heavy atom. The van der Waals surface area contributed by atoms with Crippen LogP contribution in [0.2, 0.25) is 5.02 Å². The lowest BCUT2D eigenvalue weighted by Gasteiger charge is -2.07. The molecule has 0 radical (unpaired) electrons. The fourth-order valence-electron chi connectivity index (χ4n) is 2.26. The number of carbonyl (C=O) groups is 1. The van der Waals surface area contributed by atoms with Crippen LogP contribution >= 0.6 is 22.9 Å². The maximum Gasteiger partial charge on any atom is 0.189 e. The molecule has 1 heterocycles. The molecule has 25 heavy (non-hydrogen) atoms. The smallest absolute Gasteiger partial charge is 0.189 e. The van der Waals surface area contributed by atoms with Crippen LogP contribution in [0.5, 0.6) is 5.75 Å². The van der Waals surface area contributed by atoms with Gasteiger partial charge in [0.05, 0.1) is 10.7 Å². The first-order valence-electron chi connectivity index (χ1n) is 7.67. The number of Topliss-reactive ketones (excluding diaryl/α,β-unsaturated/α-hetero) is 1. The van der Waals surface area contributed by atoms with E-state index < -0.39 is 0 Å². The highest BCUT2D eigenvalue weighted by Crippen LogP contribution is 2.26. The number of aromatic nitrogens is 1. The van der Waals surface area contributed by atoms with Gasteiger partial charge in [-0.1, -0.05) is 48.5 Å². The average molecular weight is 370 g/mol. The SMILES string of the molecule is C=C(C)C(=O)c1ccc(OCc2nc(-c3ccccc3)cs2)cc1Cl. The molecule has 1 aromatic heterocycles. The number of carbonyl (C=O) groups excluding carboxylic acids is 1. The number of rotatable bonds is 6. The van der Waals surface area contributed by atoms with Gasteiger partial charge in [0.25, 0.3) is 0 Å². The molecule has 3 rings (SSSR count). The number of allylic oxidation sites excluding steroid dienone is 1. The van der Waals surface area contributed by atoms with Crippen molar-refractivity contribution in [1.82, 2.24) is 4.98 Å². The third-order valence-corrected chi connectivity index (χ3v) is 4.69. The van der Waals surface area contributed by atoms with E-state index in [0.29, 0.717) is 28.5 Å². The summed E-state index contributed by atoms with van der Waals surface area (Å²) >= 11 is 7.72. The van der Waals surface area contributed by atoms with Crippen molar-refractivity contribution in [1.29, 1.82) is 0 Å². The molecule has 0 atom stereocenters. The number of benzene rings is 2. The molecule has 126 valence electrons. The first-order chi connectivity index (χ1) is 12.0. The zero-order valence-electron chi connectivity index (χ0n) is 13.7. The molecule has 0 bridgehead atoms. The van der Waals surface area contributed by atoms with Gasteiger partial charge in [-0.15, -0.1) is 11.3 Å². The van der Waals surface area contributed by atoms with Crippen molar-refractivity contribution < 1.29 is 9.53 Å². The topological polar surface area (TPSA) is 39.2 Å². The molecule has 3 nitrogen and oxygen atoms in total. The fraction of sp³-hybridized carbons (Fsp3) is 0.100. The first kappa shape index (κ1) is 17.4. The second-order valence-electron chi connectivity index (χ2n) is 5.53. The Bertz CT molecular complexity index is 918. The number of ether oxygens (including phenoxy) is 1. The summed E-state index contributed by atoms with van der Waals surface area (Å²) in [4.78, 5) is 16.5. The Morgan fingerprint density at radius 3 is 2.68 bits per heavy atom. The van der Waals surface area contributed by atoms with Gasteiger partial charge in [0.2, 0.25) is 0 Å². The lowest BCUT2D eigenvalue weighted by Crippen LogP contribution is -2.01. The molecule has 2 aromatic carbocycles. The van der Waals surface area contributed by atoms with Crippen LogP contribution in [0.4, 0.5) is 0 Å². The minimum absolute atomic E-state index is 0.163. The summed E-state index contributed by atoms with van der Waals surface area (Å²) in [7, 11) is 0. The largest absolute Gasteiger partial charge is 0.486 e. The molecule has 0 aliphatic rings. The molecule has 0 saturated heterocycles. The normalized spacial score (nSPS) is 10.5. The monoisotopic (exact) mass is 369 g/mol. The molecule has 0 aliphatic carbocycles. The van der Waals surface area contributed by atoms with E-state index in [9.17, 15) is 4.79 Å². The van der Waals surface area contributed by atoms with Crippen molar-refractivity contribution in [2.75, 3.05) is 0 Å². The number of thiazole rings is 1. The molecule has 5 heteroatoms. The van der Waals surface area contributed by atoms with E-state index in [-0.39, 0.29) is 5.78 Å². The van der Waals surface area contributed by atoms with Crippen molar-refractivity contribution >= 4 is 28.7 Å². The molecular weight excluding hydrogens is 354 g/mol. The molecular formula is C20H16ClNO2S. The van der Waals surface area contributed by atoms with E-state index in [1.165, 1.54) is 0 Å². The lowest BCUT2D eigenvalue weighted by molar-refractivity contribution is 0.103. The maximum absolute atomic E-state index is 12.0. The summed E-state index contributed by atoms with van der Waals surface area (Å²) in [5.41, 5.74) is 2.90. The van der Waals surface area contributed by atoms with Gasteiger partial charge in [-0.3, -0.25) is 4.79 Å². The average Bonchev–Trinajstić information content (AvgIpc) is 3.09. The molecule has 0 unspecified atom stereocenters. The Hall–Kier alpha value is -2.43. The molecule has 0 spiro atoms. The molecule has 0 fully saturated rings. The van der Waals surface area contributed by atoms with Gasteiger partial charge in [-0.25, -0.2) is 4.98 Å². The quantitative estimate of drug-likeness (QED) is 0.407. The third kappa shape index (κ3) is 4.16. The first-order valence-corrected chi connectivity index (χ1v) is 8.93. The Morgan fingerprint density at radius 2 is 2.00 bits per heavy atom. The minimum atomic E-state index is -0.163. The van der Waals surface area contributed by atoms with Crippen LogP contribution in [0, 0.1) is 0 Å². The highest BCUT2D eigenvalue weighted by atomic mass is 35.5. The van der Waals surface area contributed by atoms with E-state index in [0.717, 1.165) is 16.3 Å². The van der Waals surface area contributed by atoms with Crippen LogP contribution in [0.3, 0.4) is 0 Å². The van der Waals surface area contributed by atoms with E-state index in [2.05, 4.69) is 11.6 Å². The maximum atomic E-state index is 12.0. The van der Waals surface area contributed by atoms with E-state index in [1.807, 2.05) is 35.7 Å². The number of hydrogen-bond donors (Lipinski definition) is 0. The highest BCUT2D eigenvalue weighted by molar-refractivity contribution is 7.09. The van der Waals surface area contributed by atoms with Crippen molar-refractivity contribution in [2.45, 2.75) is 13.5 Å². The standard InChI is InChI=1S/C20H16ClNO2S/c1-13(2)20(23)16-9-8-15(10-17(16)21)24-11-19-22-18(12-25-19)14-6-4-3-5-7-14/h3-10,12H,1,11H2,2H3. The summed E-state index contributed by atoms with van der Waals surface area (Å²) < 4.78 is 5.75. The van der Waals surface area contributed by atoms with Crippen molar-refractivity contribution in [3.8, 4) is 17.0 Å². The number of hydrogen-bond acceptors (Lipinski definition) is 4. The van der Waals surface area contributed by atoms with Crippen LogP contribution in [0.1, 0.15) is 22.3 Å². The summed E-state index contributed by atoms with van der Waals surface area (Å²) in [6.07, 6.45) is 0. The fourth-order valence-corrected chi connectivity index (χ4v) is 3.23. The molecule has 0 saturated carbocycles. The zero-order valence-corrected chi connectivity index (χ0v) is 15.2. The molecule has 0 amide bonds. The lowest BCUT2D eigenvalue weighted by atomic mass is 10.1. The van der Waals surface area contributed by atoms with Gasteiger partial charge in [0.1, 0.15) is 17.4 Å². The third-order valence-electron chi connectivity index (χ3n) is 3.56. The minimum Gasteiger partial charge on any atom is -0.486 e. The summed E-state index contributed by atoms with van der Waals surface area (Å²) in [5.74, 6) is 0.434. The van der Waals surface area contributed by atoms with Crippen molar-refractivity contribution in [3.63, 3.8) is 0 Å². The van der Waals surface area contributed by atoms with Gasteiger partial charge in [0, 0.05) is 16.5 Å². The zero-order chi connectivity index (χ0) is 17.8. The summed E-state index contributed by atoms with van der Waals surface area (Å²) in [6, 6.07) is 15.0. The molecule has 3 aromatic rings. The van der Waals surface area contributed by atoms with Crippen molar-refractivity contribution in [2.24, 2.45) is 0 Å². The number of nitrogens with zero attached hydrogens (tertiary/aromatic N) is 1. The predicted octanol–water partition coefficient (Wildman–Crippen LogP) is 5.80. The van der Waals surface area contributed by atoms with E-state index >= 15 is 0 Å². The predicted molar refractivity (Wildman–Crippen MR) is 102 cm³/mol. The van der Waals surface area contributed by atoms with Gasteiger partial charge in [-0.05, 0) is 30.7 Å². The number of halogens is 1. The molecule has 0 N–H and O–H groups in total. The second-order valence-corrected chi connectivity index (χ2v) is 6.88. The number of ketones is 1. The summed E-state index contributed by atoms with van der Waals surface area (Å²) in [6.45, 7) is 5.66. The highest BCUT2D eigenvalue weighted by Gasteiger charge is 2.12. The van der Waals surface area contributed by atoms with Crippen LogP contribution in [0.25, 0.3) is 11.3 Å². The van der Waals surface area contributed by atoms with Gasteiger partial charge in [0.15, 0.2) is 5.78 Å². The van der Waals surface area contributed by atoms with Crippen LogP contribution in [-0.2, 0) is 6.61 Å². The second kappa shape index (κ2) is 7.64. The van der Waals surface area contributed by atoms with E-state index in [4.69, 9.17) is 16.3 Å². The van der Waals surface area contributed by atoms with Crippen LogP contribution in [-0.4, -0.2) is 10.8 Å². The summed E-state index contributed by atoms with van der Waals surface area (Å²) in [5, 5.41) is 3.24. The Kier molecular flexibility index (Phi) is 5.31. The van der Waals surface area contributed by atoms with Crippen LogP contribution in [0.15, 0.2) is 66.1 Å². The van der Waals surface area contributed by atoms with Gasteiger partial charge < -0.3 is 4.74 Å².